The minimum atomic E-state index is -0.328. The van der Waals surface area contributed by atoms with Crippen molar-refractivity contribution in [2.75, 3.05) is 0 Å². The highest BCUT2D eigenvalue weighted by molar-refractivity contribution is 5.69. The largest absolute Gasteiger partial charge is 0.463 e. The van der Waals surface area contributed by atoms with Crippen LogP contribution in [0.3, 0.4) is 0 Å². The van der Waals surface area contributed by atoms with Crippen LogP contribution in [0.5, 0.6) is 5.75 Å². The van der Waals surface area contributed by atoms with Crippen molar-refractivity contribution in [1.82, 2.24) is 0 Å². The molecule has 1 atom stereocenters. The Balaban J connectivity index is 2.43. The van der Waals surface area contributed by atoms with Gasteiger partial charge in [-0.05, 0) is 37.5 Å². The highest BCUT2D eigenvalue weighted by Crippen LogP contribution is 2.14. The molecule has 1 aromatic carbocycles. The fourth-order valence-corrected chi connectivity index (χ4v) is 1.60. The lowest BCUT2D eigenvalue weighted by molar-refractivity contribution is -0.145. The van der Waals surface area contributed by atoms with Crippen LogP contribution in [-0.4, -0.2) is 18.0 Å². The van der Waals surface area contributed by atoms with Crippen molar-refractivity contribution < 1.29 is 19.1 Å². The highest BCUT2D eigenvalue weighted by atomic mass is 16.5. The molecule has 0 fully saturated rings. The summed E-state index contributed by atoms with van der Waals surface area (Å²) in [6.07, 6.45) is 1.50. The Labute approximate surface area is 107 Å². The first-order valence-corrected chi connectivity index (χ1v) is 5.92. The molecule has 0 N–H and O–H groups in total. The molecule has 0 bridgehead atoms. The van der Waals surface area contributed by atoms with Gasteiger partial charge >= 0.3 is 11.9 Å². The quantitative estimate of drug-likeness (QED) is 0.595. The first-order valence-electron chi connectivity index (χ1n) is 5.92. The first kappa shape index (κ1) is 14.2. The standard InChI is InChI=1S/C14H18O4/c1-10(17-11(2)15)4-5-13-6-8-14(9-7-13)18-12(3)16/h6-10H,4-5H2,1-3H3/t10-/m0/s1. The lowest BCUT2D eigenvalue weighted by atomic mass is 10.1. The molecule has 0 radical (unpaired) electrons. The summed E-state index contributed by atoms with van der Waals surface area (Å²) in [6.45, 7) is 4.65. The van der Waals surface area contributed by atoms with Crippen molar-refractivity contribution in [2.24, 2.45) is 0 Å². The van der Waals surface area contributed by atoms with Crippen LogP contribution in [0.4, 0.5) is 0 Å². The Morgan fingerprint density at radius 2 is 1.72 bits per heavy atom. The van der Waals surface area contributed by atoms with E-state index in [4.69, 9.17) is 9.47 Å². The molecule has 0 saturated heterocycles. The molecule has 0 spiro atoms. The Hall–Kier alpha value is -1.84. The molecule has 1 aromatic rings. The monoisotopic (exact) mass is 250 g/mol. The van der Waals surface area contributed by atoms with Crippen LogP contribution >= 0.6 is 0 Å². The van der Waals surface area contributed by atoms with Gasteiger partial charge in [0.1, 0.15) is 5.75 Å². The van der Waals surface area contributed by atoms with Gasteiger partial charge in [-0.1, -0.05) is 12.1 Å². The fourth-order valence-electron chi connectivity index (χ4n) is 1.60. The maximum absolute atomic E-state index is 10.7. The smallest absolute Gasteiger partial charge is 0.308 e. The van der Waals surface area contributed by atoms with E-state index >= 15 is 0 Å². The Morgan fingerprint density at radius 1 is 1.11 bits per heavy atom. The number of aryl methyl sites for hydroxylation is 1. The van der Waals surface area contributed by atoms with E-state index in [1.807, 2.05) is 19.1 Å². The molecule has 0 saturated carbocycles. The molecule has 1 rings (SSSR count). The topological polar surface area (TPSA) is 52.6 Å². The predicted octanol–water partition coefficient (Wildman–Crippen LogP) is 2.50. The number of carbonyl (C=O) groups excluding carboxylic acids is 2. The minimum Gasteiger partial charge on any atom is -0.463 e. The van der Waals surface area contributed by atoms with Gasteiger partial charge in [-0.15, -0.1) is 0 Å². The molecule has 0 aromatic heterocycles. The molecule has 4 heteroatoms. The normalized spacial score (nSPS) is 11.7. The maximum atomic E-state index is 10.7. The second-order valence-electron chi connectivity index (χ2n) is 4.20. The molecule has 18 heavy (non-hydrogen) atoms. The van der Waals surface area contributed by atoms with Crippen molar-refractivity contribution in [2.45, 2.75) is 39.7 Å². The minimum absolute atomic E-state index is 0.0874. The molecule has 0 unspecified atom stereocenters. The average molecular weight is 250 g/mol. The summed E-state index contributed by atoms with van der Waals surface area (Å²) < 4.78 is 9.98. The average Bonchev–Trinajstić information content (AvgIpc) is 2.26. The van der Waals surface area contributed by atoms with Crippen LogP contribution in [0.2, 0.25) is 0 Å². The summed E-state index contributed by atoms with van der Waals surface area (Å²) in [4.78, 5) is 21.5. The van der Waals surface area contributed by atoms with E-state index in [0.29, 0.717) is 5.75 Å². The van der Waals surface area contributed by atoms with E-state index in [0.717, 1.165) is 18.4 Å². The number of hydrogen-bond acceptors (Lipinski definition) is 4. The number of hydrogen-bond donors (Lipinski definition) is 0. The Bertz CT molecular complexity index is 408. The second kappa shape index (κ2) is 6.79. The number of ether oxygens (including phenoxy) is 2. The third-order valence-electron chi connectivity index (χ3n) is 2.39. The summed E-state index contributed by atoms with van der Waals surface area (Å²) >= 11 is 0. The van der Waals surface area contributed by atoms with Gasteiger partial charge < -0.3 is 9.47 Å². The molecule has 98 valence electrons. The maximum Gasteiger partial charge on any atom is 0.308 e. The van der Waals surface area contributed by atoms with Gasteiger partial charge in [-0.2, -0.15) is 0 Å². The van der Waals surface area contributed by atoms with Gasteiger partial charge in [0.2, 0.25) is 0 Å². The van der Waals surface area contributed by atoms with Crippen LogP contribution in [0.1, 0.15) is 32.8 Å². The molecule has 0 aliphatic rings. The molecule has 0 amide bonds. The zero-order valence-electron chi connectivity index (χ0n) is 10.9. The number of rotatable bonds is 5. The van der Waals surface area contributed by atoms with Gasteiger partial charge in [0.05, 0.1) is 6.10 Å². The Kier molecular flexibility index (Phi) is 5.36. The van der Waals surface area contributed by atoms with Crippen LogP contribution in [0.25, 0.3) is 0 Å². The van der Waals surface area contributed by atoms with Crippen LogP contribution in [0.15, 0.2) is 24.3 Å². The number of esters is 2. The van der Waals surface area contributed by atoms with E-state index in [2.05, 4.69) is 0 Å². The third-order valence-corrected chi connectivity index (χ3v) is 2.39. The van der Waals surface area contributed by atoms with Crippen LogP contribution in [0, 0.1) is 0 Å². The molecule has 4 nitrogen and oxygen atoms in total. The SMILES string of the molecule is CC(=O)Oc1ccc(CC[C@H](C)OC(C)=O)cc1. The molecule has 0 heterocycles. The molecule has 0 aliphatic carbocycles. The second-order valence-corrected chi connectivity index (χ2v) is 4.20. The van der Waals surface area contributed by atoms with E-state index in [9.17, 15) is 9.59 Å². The van der Waals surface area contributed by atoms with E-state index in [1.54, 1.807) is 12.1 Å². The van der Waals surface area contributed by atoms with Gasteiger partial charge in [-0.25, -0.2) is 0 Å². The molecular formula is C14H18O4. The van der Waals surface area contributed by atoms with Gasteiger partial charge in [0.25, 0.3) is 0 Å². The van der Waals surface area contributed by atoms with Crippen molar-refractivity contribution in [3.63, 3.8) is 0 Å². The van der Waals surface area contributed by atoms with Crippen molar-refractivity contribution >= 4 is 11.9 Å². The van der Waals surface area contributed by atoms with E-state index < -0.39 is 0 Å². The lowest BCUT2D eigenvalue weighted by Crippen LogP contribution is -2.12. The zero-order chi connectivity index (χ0) is 13.5. The first-order chi connectivity index (χ1) is 8.47. The lowest BCUT2D eigenvalue weighted by Gasteiger charge is -2.11. The van der Waals surface area contributed by atoms with Gasteiger partial charge in [0.15, 0.2) is 0 Å². The van der Waals surface area contributed by atoms with E-state index in [-0.39, 0.29) is 18.0 Å². The Morgan fingerprint density at radius 3 is 2.22 bits per heavy atom. The van der Waals surface area contributed by atoms with Crippen molar-refractivity contribution in [3.05, 3.63) is 29.8 Å². The summed E-state index contributed by atoms with van der Waals surface area (Å²) in [5, 5.41) is 0. The van der Waals surface area contributed by atoms with Gasteiger partial charge in [0, 0.05) is 13.8 Å². The summed E-state index contributed by atoms with van der Waals surface area (Å²) in [6, 6.07) is 7.32. The predicted molar refractivity (Wildman–Crippen MR) is 67.3 cm³/mol. The van der Waals surface area contributed by atoms with Gasteiger partial charge in [-0.3, -0.25) is 9.59 Å². The fraction of sp³-hybridized carbons (Fsp3) is 0.429. The van der Waals surface area contributed by atoms with Crippen molar-refractivity contribution in [3.8, 4) is 5.75 Å². The highest BCUT2D eigenvalue weighted by Gasteiger charge is 2.06. The zero-order valence-corrected chi connectivity index (χ0v) is 10.9. The summed E-state index contributed by atoms with van der Waals surface area (Å²) in [7, 11) is 0. The summed E-state index contributed by atoms with van der Waals surface area (Å²) in [5.41, 5.74) is 1.12. The van der Waals surface area contributed by atoms with Crippen LogP contribution < -0.4 is 4.74 Å². The number of benzene rings is 1. The third kappa shape index (κ3) is 5.48. The van der Waals surface area contributed by atoms with Crippen LogP contribution in [-0.2, 0) is 20.7 Å². The van der Waals surface area contributed by atoms with E-state index in [1.165, 1.54) is 13.8 Å². The number of carbonyl (C=O) groups is 2. The van der Waals surface area contributed by atoms with Crippen molar-refractivity contribution in [1.29, 1.82) is 0 Å². The molecule has 0 aliphatic heterocycles. The molecular weight excluding hydrogens is 232 g/mol. The summed E-state index contributed by atoms with van der Waals surface area (Å²) in [5.74, 6) is -0.0433.